The number of aliphatic hydroxyl groups excluding tert-OH is 2. The second-order valence-electron chi connectivity index (χ2n) is 28.5. The first-order valence-corrected chi connectivity index (χ1v) is 41.1. The van der Waals surface area contributed by atoms with E-state index >= 15 is 0 Å². The van der Waals surface area contributed by atoms with Crippen molar-refractivity contribution < 1.29 is 24.5 Å². The molecule has 0 heterocycles. The van der Waals surface area contributed by atoms with Crippen molar-refractivity contribution in [2.24, 2.45) is 0 Å². The molecule has 3 N–H and O–H groups in total. The quantitative estimate of drug-likeness (QED) is 0.0320. The number of hydrogen-bond acceptors (Lipinski definition) is 5. The Bertz CT molecular complexity index is 1400. The van der Waals surface area contributed by atoms with Crippen LogP contribution in [0.1, 0.15) is 470 Å². The van der Waals surface area contributed by atoms with Gasteiger partial charge in [0.1, 0.15) is 0 Å². The molecule has 0 aromatic rings. The molecule has 528 valence electrons. The van der Waals surface area contributed by atoms with E-state index in [0.717, 1.165) is 51.4 Å². The number of nitrogens with one attached hydrogen (secondary N) is 1. The molecule has 0 saturated heterocycles. The third-order valence-electron chi connectivity index (χ3n) is 19.5. The third kappa shape index (κ3) is 75.3. The summed E-state index contributed by atoms with van der Waals surface area (Å²) in [6.45, 7) is 4.98. The first kappa shape index (κ1) is 87.3. The summed E-state index contributed by atoms with van der Waals surface area (Å²) in [5.74, 6) is -0.00785. The summed E-state index contributed by atoms with van der Waals surface area (Å²) in [5.41, 5.74) is 0. The average Bonchev–Trinajstić information content (AvgIpc) is 3.68. The van der Waals surface area contributed by atoms with Crippen molar-refractivity contribution >= 4 is 11.9 Å². The highest BCUT2D eigenvalue weighted by molar-refractivity contribution is 5.76. The number of carbonyl (C=O) groups is 2. The molecule has 0 radical (unpaired) electrons. The summed E-state index contributed by atoms with van der Waals surface area (Å²) in [6.07, 6.45) is 101. The molecule has 0 aliphatic carbocycles. The fourth-order valence-corrected chi connectivity index (χ4v) is 13.3. The Balaban J connectivity index is 3.29. The Morgan fingerprint density at radius 3 is 0.876 bits per heavy atom. The van der Waals surface area contributed by atoms with Gasteiger partial charge in [0.15, 0.2) is 0 Å². The third-order valence-corrected chi connectivity index (χ3v) is 19.5. The fourth-order valence-electron chi connectivity index (χ4n) is 13.3. The molecule has 0 aliphatic heterocycles. The number of amides is 1. The number of aliphatic hydroxyl groups is 2. The van der Waals surface area contributed by atoms with Crippen LogP contribution in [-0.4, -0.2) is 47.4 Å². The van der Waals surface area contributed by atoms with Crippen LogP contribution in [0.2, 0.25) is 0 Å². The predicted molar refractivity (Wildman–Crippen MR) is 393 cm³/mol. The van der Waals surface area contributed by atoms with Crippen molar-refractivity contribution in [3.63, 3.8) is 0 Å². The lowest BCUT2D eigenvalue weighted by atomic mass is 10.0. The Hall–Kier alpha value is -1.66. The number of allylic oxidation sites excluding steroid dienone is 4. The summed E-state index contributed by atoms with van der Waals surface area (Å²) in [7, 11) is 0. The maximum absolute atomic E-state index is 12.6. The number of hydrogen-bond donors (Lipinski definition) is 3. The van der Waals surface area contributed by atoms with Gasteiger partial charge in [0.25, 0.3) is 0 Å². The van der Waals surface area contributed by atoms with Crippen LogP contribution in [0.3, 0.4) is 0 Å². The van der Waals surface area contributed by atoms with E-state index in [1.807, 2.05) is 0 Å². The zero-order valence-corrected chi connectivity index (χ0v) is 60.7. The molecule has 0 spiro atoms. The standard InChI is InChI=1S/C83H161NO5/c1-3-5-7-9-11-13-15-17-19-21-44-47-51-55-59-63-67-71-75-81(86)80(79-85)84-82(87)76-72-68-64-60-56-52-48-45-41-39-37-35-33-31-29-27-25-23-22-24-26-28-30-32-34-36-38-40-42-46-50-54-58-62-66-70-74-78-89-83(88)77-73-69-65-61-57-53-49-43-20-18-16-14-12-10-8-6-4-2/h12,14,18,20,80-81,85-86H,3-11,13,15-17,19,21-79H2,1-2H3,(H,84,87)/b14-12-,20-18-. The van der Waals surface area contributed by atoms with E-state index in [0.29, 0.717) is 25.9 Å². The van der Waals surface area contributed by atoms with E-state index in [1.54, 1.807) is 0 Å². The fraction of sp³-hybridized carbons (Fsp3) is 0.928. The highest BCUT2D eigenvalue weighted by Gasteiger charge is 2.20. The molecule has 0 aromatic heterocycles. The van der Waals surface area contributed by atoms with Crippen LogP contribution in [-0.2, 0) is 14.3 Å². The smallest absolute Gasteiger partial charge is 0.305 e. The second kappa shape index (κ2) is 78.8. The molecule has 89 heavy (non-hydrogen) atoms. The second-order valence-corrected chi connectivity index (χ2v) is 28.5. The van der Waals surface area contributed by atoms with Crippen LogP contribution in [0.5, 0.6) is 0 Å². The Morgan fingerprint density at radius 2 is 0.562 bits per heavy atom. The van der Waals surface area contributed by atoms with Crippen LogP contribution in [0.4, 0.5) is 0 Å². The Kier molecular flexibility index (Phi) is 77.3. The van der Waals surface area contributed by atoms with Crippen molar-refractivity contribution in [2.75, 3.05) is 13.2 Å². The zero-order valence-electron chi connectivity index (χ0n) is 60.7. The zero-order chi connectivity index (χ0) is 64.2. The topological polar surface area (TPSA) is 95.9 Å². The van der Waals surface area contributed by atoms with Crippen LogP contribution in [0, 0.1) is 0 Å². The van der Waals surface area contributed by atoms with Gasteiger partial charge in [-0.2, -0.15) is 0 Å². The van der Waals surface area contributed by atoms with Gasteiger partial charge in [-0.1, -0.05) is 423 Å². The van der Waals surface area contributed by atoms with E-state index in [2.05, 4.69) is 43.5 Å². The number of carbonyl (C=O) groups excluding carboxylic acids is 2. The number of esters is 1. The molecule has 0 rings (SSSR count). The predicted octanol–water partition coefficient (Wildman–Crippen LogP) is 27.2. The van der Waals surface area contributed by atoms with E-state index in [1.165, 1.54) is 385 Å². The van der Waals surface area contributed by atoms with Crippen LogP contribution in [0.15, 0.2) is 24.3 Å². The van der Waals surface area contributed by atoms with E-state index < -0.39 is 12.1 Å². The Morgan fingerprint density at radius 1 is 0.315 bits per heavy atom. The van der Waals surface area contributed by atoms with Gasteiger partial charge in [-0.3, -0.25) is 9.59 Å². The highest BCUT2D eigenvalue weighted by Crippen LogP contribution is 2.21. The molecule has 0 fully saturated rings. The van der Waals surface area contributed by atoms with Crippen molar-refractivity contribution in [1.29, 1.82) is 0 Å². The van der Waals surface area contributed by atoms with Crippen molar-refractivity contribution in [1.82, 2.24) is 5.32 Å². The molecule has 0 saturated carbocycles. The lowest BCUT2D eigenvalue weighted by Gasteiger charge is -2.22. The minimum Gasteiger partial charge on any atom is -0.466 e. The summed E-state index contributed by atoms with van der Waals surface area (Å²) < 4.78 is 5.51. The van der Waals surface area contributed by atoms with Gasteiger partial charge in [-0.05, 0) is 57.8 Å². The van der Waals surface area contributed by atoms with Crippen molar-refractivity contribution in [3.8, 4) is 0 Å². The van der Waals surface area contributed by atoms with Crippen LogP contribution >= 0.6 is 0 Å². The maximum Gasteiger partial charge on any atom is 0.305 e. The SMILES string of the molecule is CCCCC/C=C\C/C=C\CCCCCCCCCC(=O)OCCCCCCCCCCCCCCCCCCCCCCCCCCCCCCCCCCCCCCCC(=O)NC(CO)C(O)CCCCCCCCCCCCCCCCCCCC. The van der Waals surface area contributed by atoms with Gasteiger partial charge in [0.05, 0.1) is 25.4 Å². The Labute approximate surface area is 558 Å². The van der Waals surface area contributed by atoms with Gasteiger partial charge in [0, 0.05) is 12.8 Å². The van der Waals surface area contributed by atoms with Gasteiger partial charge in [-0.25, -0.2) is 0 Å². The monoisotopic (exact) mass is 1250 g/mol. The summed E-state index contributed by atoms with van der Waals surface area (Å²) in [5, 5.41) is 23.4. The molecule has 0 aliphatic rings. The van der Waals surface area contributed by atoms with Crippen molar-refractivity contribution in [3.05, 3.63) is 24.3 Å². The molecule has 2 unspecified atom stereocenters. The average molecular weight is 1250 g/mol. The van der Waals surface area contributed by atoms with Crippen molar-refractivity contribution in [2.45, 2.75) is 482 Å². The van der Waals surface area contributed by atoms with Gasteiger partial charge >= 0.3 is 5.97 Å². The van der Waals surface area contributed by atoms with Crippen LogP contribution < -0.4 is 5.32 Å². The van der Waals surface area contributed by atoms with Crippen LogP contribution in [0.25, 0.3) is 0 Å². The van der Waals surface area contributed by atoms with Gasteiger partial charge < -0.3 is 20.3 Å². The highest BCUT2D eigenvalue weighted by atomic mass is 16.5. The first-order valence-electron chi connectivity index (χ1n) is 41.1. The molecule has 6 nitrogen and oxygen atoms in total. The van der Waals surface area contributed by atoms with Gasteiger partial charge in [-0.15, -0.1) is 0 Å². The molecule has 2 atom stereocenters. The lowest BCUT2D eigenvalue weighted by Crippen LogP contribution is -2.45. The number of rotatable bonds is 78. The van der Waals surface area contributed by atoms with E-state index in [4.69, 9.17) is 4.74 Å². The molecule has 0 aromatic carbocycles. The lowest BCUT2D eigenvalue weighted by molar-refractivity contribution is -0.143. The summed E-state index contributed by atoms with van der Waals surface area (Å²) in [4.78, 5) is 24.7. The molecule has 6 heteroatoms. The normalized spacial score (nSPS) is 12.5. The number of unbranched alkanes of at least 4 members (excludes halogenated alkanes) is 63. The minimum absolute atomic E-state index is 0.0165. The largest absolute Gasteiger partial charge is 0.466 e. The summed E-state index contributed by atoms with van der Waals surface area (Å²) >= 11 is 0. The van der Waals surface area contributed by atoms with E-state index in [9.17, 15) is 19.8 Å². The molecular weight excluding hydrogens is 1090 g/mol. The molecule has 0 bridgehead atoms. The molecular formula is C83H161NO5. The van der Waals surface area contributed by atoms with E-state index in [-0.39, 0.29) is 18.5 Å². The minimum atomic E-state index is -0.660. The number of ether oxygens (including phenoxy) is 1. The summed E-state index contributed by atoms with van der Waals surface area (Å²) in [6, 6.07) is -0.537. The maximum atomic E-state index is 12.6. The first-order chi connectivity index (χ1) is 44.0. The van der Waals surface area contributed by atoms with Gasteiger partial charge in [0.2, 0.25) is 5.91 Å². The molecule has 1 amide bonds.